The number of carbonyl (C=O) groups excluding carboxylic acids is 2. The normalized spacial score (nSPS) is 21.4. The van der Waals surface area contributed by atoms with Crippen molar-refractivity contribution in [1.82, 2.24) is 0 Å². The Hall–Kier alpha value is -1.87. The van der Waals surface area contributed by atoms with Gasteiger partial charge in [0.1, 0.15) is 36.8 Å². The lowest BCUT2D eigenvalue weighted by molar-refractivity contribution is -0.297. The molecule has 0 saturated carbocycles. The molecule has 1 aliphatic heterocycles. The number of ether oxygens (including phenoxy) is 4. The van der Waals surface area contributed by atoms with E-state index in [0.717, 1.165) is 32.1 Å². The van der Waals surface area contributed by atoms with Crippen LogP contribution in [0.1, 0.15) is 162 Å². The van der Waals surface area contributed by atoms with Crippen LogP contribution in [0.3, 0.4) is 0 Å². The Morgan fingerprint density at radius 2 is 1.15 bits per heavy atom. The summed E-state index contributed by atoms with van der Waals surface area (Å²) in [7, 11) is -4.60. The zero-order chi connectivity index (χ0) is 39.2. The van der Waals surface area contributed by atoms with Crippen molar-refractivity contribution in [2.75, 3.05) is 19.0 Å². The van der Waals surface area contributed by atoms with E-state index >= 15 is 0 Å². The minimum absolute atomic E-state index is 0.103. The number of hydrogen-bond donors (Lipinski definition) is 4. The van der Waals surface area contributed by atoms with Gasteiger partial charge < -0.3 is 34.3 Å². The third-order valence-electron chi connectivity index (χ3n) is 9.28. The molecule has 12 nitrogen and oxygen atoms in total. The zero-order valence-electron chi connectivity index (χ0n) is 32.6. The van der Waals surface area contributed by atoms with Crippen molar-refractivity contribution in [3.8, 4) is 0 Å². The van der Waals surface area contributed by atoms with Gasteiger partial charge in [-0.25, -0.2) is 0 Å². The Bertz CT molecular complexity index is 1100. The van der Waals surface area contributed by atoms with E-state index < -0.39 is 71.2 Å². The second-order valence-electron chi connectivity index (χ2n) is 14.3. The van der Waals surface area contributed by atoms with Crippen LogP contribution in [0.15, 0.2) is 24.3 Å². The van der Waals surface area contributed by atoms with Crippen LogP contribution in [0.4, 0.5) is 0 Å². The fourth-order valence-electron chi connectivity index (χ4n) is 6.07. The number of rotatable bonds is 33. The van der Waals surface area contributed by atoms with Crippen molar-refractivity contribution in [2.24, 2.45) is 0 Å². The van der Waals surface area contributed by atoms with Crippen LogP contribution in [0, 0.1) is 0 Å². The van der Waals surface area contributed by atoms with Gasteiger partial charge in [0.2, 0.25) is 0 Å². The van der Waals surface area contributed by atoms with E-state index in [2.05, 4.69) is 32.1 Å². The molecule has 0 spiro atoms. The maximum Gasteiger partial charge on any atom is 0.306 e. The highest BCUT2D eigenvalue weighted by molar-refractivity contribution is 7.85. The summed E-state index contributed by atoms with van der Waals surface area (Å²) in [6, 6.07) is 0. The van der Waals surface area contributed by atoms with Gasteiger partial charge in [0.05, 0.1) is 6.61 Å². The minimum Gasteiger partial charge on any atom is -0.462 e. The maximum absolute atomic E-state index is 12.7. The summed E-state index contributed by atoms with van der Waals surface area (Å²) in [5.41, 5.74) is 0. The predicted molar refractivity (Wildman–Crippen MR) is 206 cm³/mol. The lowest BCUT2D eigenvalue weighted by Gasteiger charge is -2.40. The second kappa shape index (κ2) is 31.3. The summed E-state index contributed by atoms with van der Waals surface area (Å²) < 4.78 is 53.7. The van der Waals surface area contributed by atoms with E-state index in [-0.39, 0.29) is 19.4 Å². The molecule has 0 aromatic carbocycles. The van der Waals surface area contributed by atoms with E-state index in [0.29, 0.717) is 19.3 Å². The van der Waals surface area contributed by atoms with Gasteiger partial charge >= 0.3 is 11.9 Å². The Kier molecular flexibility index (Phi) is 29.1. The smallest absolute Gasteiger partial charge is 0.306 e. The summed E-state index contributed by atoms with van der Waals surface area (Å²) in [5, 5.41) is 30.7. The number of esters is 2. The van der Waals surface area contributed by atoms with Gasteiger partial charge in [0.15, 0.2) is 12.4 Å². The van der Waals surface area contributed by atoms with E-state index in [1.165, 1.54) is 83.5 Å². The van der Waals surface area contributed by atoms with Crippen molar-refractivity contribution in [3.63, 3.8) is 0 Å². The molecule has 0 aromatic heterocycles. The molecule has 0 aliphatic carbocycles. The number of unbranched alkanes of at least 4 members (excludes halogenated alkanes) is 17. The lowest BCUT2D eigenvalue weighted by Crippen LogP contribution is -2.60. The predicted octanol–water partition coefficient (Wildman–Crippen LogP) is 7.28. The number of aliphatic hydroxyl groups is 3. The Morgan fingerprint density at radius 3 is 1.72 bits per heavy atom. The summed E-state index contributed by atoms with van der Waals surface area (Å²) in [6.07, 6.45) is 22.6. The SMILES string of the molecule is CCCCCCCCCCC/C=C/C/C=C/CCCC(=O)O[C@H](COC(=O)CCCCCCCCCC)CO[C@H]1O[C@H](CS(=O)(=O)O)[C@@H](O)C(O)C1O. The lowest BCUT2D eigenvalue weighted by atomic mass is 10.00. The molecule has 6 atom stereocenters. The van der Waals surface area contributed by atoms with Crippen LogP contribution in [-0.2, 0) is 38.7 Å². The molecule has 0 amide bonds. The van der Waals surface area contributed by atoms with Crippen LogP contribution in [0.5, 0.6) is 0 Å². The molecule has 0 bridgehead atoms. The van der Waals surface area contributed by atoms with Crippen molar-refractivity contribution in [1.29, 1.82) is 0 Å². The van der Waals surface area contributed by atoms with Gasteiger partial charge in [0.25, 0.3) is 10.1 Å². The standard InChI is InChI=1S/C40H72O12S/c1-3-5-7-9-11-13-14-15-16-17-18-19-20-21-23-25-27-29-36(42)51-33(30-49-35(41)28-26-24-22-12-10-8-6-4-2)31-50-40-39(45)38(44)37(43)34(52-40)32-53(46,47)48/h18-19,21,23,33-34,37-40,43-45H,3-17,20,22,24-32H2,1-2H3,(H,46,47,48)/b19-18+,23-21+/t33-,34-,37-,38?,39?,40+/m1/s1. The van der Waals surface area contributed by atoms with Crippen LogP contribution in [0.2, 0.25) is 0 Å². The highest BCUT2D eigenvalue weighted by Crippen LogP contribution is 2.24. The van der Waals surface area contributed by atoms with E-state index in [9.17, 15) is 37.9 Å². The number of hydrogen-bond acceptors (Lipinski definition) is 11. The summed E-state index contributed by atoms with van der Waals surface area (Å²) in [4.78, 5) is 25.2. The van der Waals surface area contributed by atoms with Gasteiger partial charge in [-0.05, 0) is 38.5 Å². The molecule has 310 valence electrons. The number of allylic oxidation sites excluding steroid dienone is 4. The first-order chi connectivity index (χ1) is 25.5. The molecule has 13 heteroatoms. The molecule has 2 unspecified atom stereocenters. The Morgan fingerprint density at radius 1 is 0.642 bits per heavy atom. The molecule has 1 rings (SSSR count). The average molecular weight is 777 g/mol. The number of aliphatic hydroxyl groups excluding tert-OH is 3. The van der Waals surface area contributed by atoms with Crippen molar-refractivity contribution in [3.05, 3.63) is 24.3 Å². The molecule has 1 heterocycles. The first kappa shape index (κ1) is 49.1. The highest BCUT2D eigenvalue weighted by atomic mass is 32.2. The first-order valence-corrected chi connectivity index (χ1v) is 22.0. The van der Waals surface area contributed by atoms with E-state index in [1.807, 2.05) is 6.08 Å². The van der Waals surface area contributed by atoms with E-state index in [4.69, 9.17) is 18.9 Å². The molecule has 1 saturated heterocycles. The maximum atomic E-state index is 12.7. The molecular formula is C40H72O12S. The van der Waals surface area contributed by atoms with Crippen LogP contribution in [-0.4, -0.2) is 96.0 Å². The molecule has 0 radical (unpaired) electrons. The van der Waals surface area contributed by atoms with Crippen LogP contribution >= 0.6 is 0 Å². The molecule has 1 fully saturated rings. The van der Waals surface area contributed by atoms with Gasteiger partial charge in [-0.15, -0.1) is 0 Å². The monoisotopic (exact) mass is 776 g/mol. The first-order valence-electron chi connectivity index (χ1n) is 20.4. The van der Waals surface area contributed by atoms with E-state index in [1.54, 1.807) is 0 Å². The third kappa shape index (κ3) is 26.6. The molecular weight excluding hydrogens is 704 g/mol. The second-order valence-corrected chi connectivity index (χ2v) is 15.8. The minimum atomic E-state index is -4.60. The quantitative estimate of drug-likeness (QED) is 0.0226. The number of carbonyl (C=O) groups is 2. The van der Waals surface area contributed by atoms with Crippen LogP contribution in [0.25, 0.3) is 0 Å². The Balaban J connectivity index is 2.51. The fourth-order valence-corrected chi connectivity index (χ4v) is 6.76. The largest absolute Gasteiger partial charge is 0.462 e. The topological polar surface area (TPSA) is 186 Å². The van der Waals surface area contributed by atoms with Gasteiger partial charge in [0, 0.05) is 12.8 Å². The molecule has 1 aliphatic rings. The summed E-state index contributed by atoms with van der Waals surface area (Å²) in [5.74, 6) is -2.04. The van der Waals surface area contributed by atoms with Gasteiger partial charge in [-0.2, -0.15) is 8.42 Å². The summed E-state index contributed by atoms with van der Waals surface area (Å²) in [6.45, 7) is 3.67. The van der Waals surface area contributed by atoms with Gasteiger partial charge in [-0.3, -0.25) is 14.1 Å². The fraction of sp³-hybridized carbons (Fsp3) is 0.850. The molecule has 4 N–H and O–H groups in total. The molecule has 0 aromatic rings. The van der Waals surface area contributed by atoms with Crippen molar-refractivity contribution >= 4 is 22.1 Å². The van der Waals surface area contributed by atoms with Crippen molar-refractivity contribution < 1.29 is 56.8 Å². The summed E-state index contributed by atoms with van der Waals surface area (Å²) >= 11 is 0. The van der Waals surface area contributed by atoms with Crippen molar-refractivity contribution in [2.45, 2.75) is 198 Å². The van der Waals surface area contributed by atoms with Crippen LogP contribution < -0.4 is 0 Å². The van der Waals surface area contributed by atoms with Gasteiger partial charge in [-0.1, -0.05) is 134 Å². The molecule has 53 heavy (non-hydrogen) atoms. The Labute approximate surface area is 319 Å². The zero-order valence-corrected chi connectivity index (χ0v) is 33.4. The highest BCUT2D eigenvalue weighted by Gasteiger charge is 2.46. The average Bonchev–Trinajstić information content (AvgIpc) is 3.12. The third-order valence-corrected chi connectivity index (χ3v) is 10.0.